The molecule has 1 atom stereocenters. The van der Waals surface area contributed by atoms with Crippen molar-refractivity contribution >= 4 is 11.7 Å². The molecule has 2 aromatic rings. The summed E-state index contributed by atoms with van der Waals surface area (Å²) in [6.07, 6.45) is 1.62. The average molecular weight is 366 g/mol. The lowest BCUT2D eigenvalue weighted by atomic mass is 9.93. The second kappa shape index (κ2) is 8.00. The van der Waals surface area contributed by atoms with Gasteiger partial charge in [0.15, 0.2) is 5.78 Å². The minimum Gasteiger partial charge on any atom is -0.493 e. The van der Waals surface area contributed by atoms with Crippen LogP contribution in [-0.2, 0) is 16.1 Å². The van der Waals surface area contributed by atoms with Gasteiger partial charge < -0.3 is 9.64 Å². The van der Waals surface area contributed by atoms with Crippen LogP contribution in [0, 0.1) is 17.7 Å². The Hall–Kier alpha value is -3.20. The summed E-state index contributed by atoms with van der Waals surface area (Å²) in [5.74, 6) is 2.98. The summed E-state index contributed by atoms with van der Waals surface area (Å²) in [7, 11) is 0. The van der Waals surface area contributed by atoms with Gasteiger partial charge in [0.25, 0.3) is 0 Å². The molecule has 1 aliphatic rings. The van der Waals surface area contributed by atoms with Gasteiger partial charge in [-0.25, -0.2) is 4.39 Å². The Labute approximate surface area is 157 Å². The lowest BCUT2D eigenvalue weighted by molar-refractivity contribution is -0.130. The summed E-state index contributed by atoms with van der Waals surface area (Å²) >= 11 is 0. The van der Waals surface area contributed by atoms with Crippen LogP contribution in [0.4, 0.5) is 4.39 Å². The highest BCUT2D eigenvalue weighted by molar-refractivity contribution is 6.13. The van der Waals surface area contributed by atoms with Crippen molar-refractivity contribution in [2.24, 2.45) is 0 Å². The molecular formula is C21H19FN2O3. The molecule has 1 unspecified atom stereocenters. The monoisotopic (exact) mass is 366 g/mol. The van der Waals surface area contributed by atoms with E-state index in [1.165, 1.54) is 11.0 Å². The number of amides is 1. The van der Waals surface area contributed by atoms with Gasteiger partial charge >= 0.3 is 0 Å². The Kier molecular flexibility index (Phi) is 5.51. The molecule has 2 heterocycles. The van der Waals surface area contributed by atoms with Crippen LogP contribution >= 0.6 is 0 Å². The number of halogens is 1. The molecule has 1 fully saturated rings. The maximum atomic E-state index is 14.8. The van der Waals surface area contributed by atoms with Gasteiger partial charge in [0.1, 0.15) is 17.5 Å². The molecule has 3 rings (SSSR count). The highest BCUT2D eigenvalue weighted by Gasteiger charge is 2.43. The lowest BCUT2D eigenvalue weighted by Gasteiger charge is -2.17. The first-order valence-electron chi connectivity index (χ1n) is 8.65. The summed E-state index contributed by atoms with van der Waals surface area (Å²) in [5.41, 5.74) is 1.08. The van der Waals surface area contributed by atoms with Crippen molar-refractivity contribution in [3.8, 4) is 17.6 Å². The Bertz CT molecular complexity index is 932. The normalized spacial score (nSPS) is 16.3. The van der Waals surface area contributed by atoms with E-state index in [1.807, 2.05) is 6.07 Å². The number of Topliss-reactive ketones (excluding diaryl/α,β-unsaturated/α-hetero) is 1. The van der Waals surface area contributed by atoms with Gasteiger partial charge in [-0.3, -0.25) is 14.6 Å². The van der Waals surface area contributed by atoms with Crippen molar-refractivity contribution in [2.45, 2.75) is 26.3 Å². The van der Waals surface area contributed by atoms with Gasteiger partial charge in [-0.05, 0) is 38.1 Å². The third-order valence-corrected chi connectivity index (χ3v) is 4.26. The van der Waals surface area contributed by atoms with Gasteiger partial charge in [0.05, 0.1) is 25.4 Å². The van der Waals surface area contributed by atoms with Crippen LogP contribution in [0.5, 0.6) is 5.75 Å². The first kappa shape index (κ1) is 18.6. The standard InChI is InChI=1S/C21H19FN2O3/c1-3-7-14-10-16(22)19(18(11-14)27-4-2)20-17(25)13-24(21(20)26)12-15-8-5-6-9-23-15/h5-6,8-11,20H,4,12-13H2,1-2H3. The molecule has 5 nitrogen and oxygen atoms in total. The number of likely N-dealkylation sites (tertiary alicyclic amines) is 1. The molecule has 0 N–H and O–H groups in total. The minimum absolute atomic E-state index is 0.0166. The van der Waals surface area contributed by atoms with E-state index < -0.39 is 17.6 Å². The maximum absolute atomic E-state index is 14.8. The fraction of sp³-hybridized carbons (Fsp3) is 0.286. The largest absolute Gasteiger partial charge is 0.493 e. The zero-order valence-electron chi connectivity index (χ0n) is 15.2. The summed E-state index contributed by atoms with van der Waals surface area (Å²) in [6.45, 7) is 3.80. The van der Waals surface area contributed by atoms with Gasteiger partial charge in [-0.2, -0.15) is 0 Å². The summed E-state index contributed by atoms with van der Waals surface area (Å²) in [4.78, 5) is 31.0. The summed E-state index contributed by atoms with van der Waals surface area (Å²) < 4.78 is 20.4. The Morgan fingerprint density at radius 1 is 1.33 bits per heavy atom. The van der Waals surface area contributed by atoms with Crippen molar-refractivity contribution in [1.82, 2.24) is 9.88 Å². The van der Waals surface area contributed by atoms with Crippen molar-refractivity contribution in [3.63, 3.8) is 0 Å². The average Bonchev–Trinajstić information content (AvgIpc) is 2.90. The number of hydrogen-bond acceptors (Lipinski definition) is 4. The van der Waals surface area contributed by atoms with Gasteiger partial charge in [0.2, 0.25) is 5.91 Å². The number of carbonyl (C=O) groups is 2. The van der Waals surface area contributed by atoms with E-state index in [9.17, 15) is 14.0 Å². The zero-order valence-corrected chi connectivity index (χ0v) is 15.2. The molecule has 1 aliphatic heterocycles. The van der Waals surface area contributed by atoms with Crippen molar-refractivity contribution in [1.29, 1.82) is 0 Å². The number of carbonyl (C=O) groups excluding carboxylic acids is 2. The number of ketones is 1. The third-order valence-electron chi connectivity index (χ3n) is 4.26. The molecule has 0 bridgehead atoms. The van der Waals surface area contributed by atoms with E-state index in [0.717, 1.165) is 0 Å². The molecular weight excluding hydrogens is 347 g/mol. The maximum Gasteiger partial charge on any atom is 0.238 e. The van der Waals surface area contributed by atoms with E-state index in [2.05, 4.69) is 16.8 Å². The molecule has 0 aliphatic carbocycles. The SMILES string of the molecule is CC#Cc1cc(F)c(C2C(=O)CN(Cc3ccccn3)C2=O)c(OCC)c1. The van der Waals surface area contributed by atoms with Gasteiger partial charge in [-0.1, -0.05) is 12.0 Å². The van der Waals surface area contributed by atoms with E-state index in [1.54, 1.807) is 38.2 Å². The minimum atomic E-state index is -1.21. The highest BCUT2D eigenvalue weighted by atomic mass is 19.1. The van der Waals surface area contributed by atoms with Crippen LogP contribution < -0.4 is 4.74 Å². The quantitative estimate of drug-likeness (QED) is 0.603. The Morgan fingerprint density at radius 3 is 2.81 bits per heavy atom. The number of aromatic nitrogens is 1. The van der Waals surface area contributed by atoms with Gasteiger partial charge in [0, 0.05) is 17.3 Å². The summed E-state index contributed by atoms with van der Waals surface area (Å²) in [6, 6.07) is 8.16. The fourth-order valence-corrected chi connectivity index (χ4v) is 3.15. The topological polar surface area (TPSA) is 59.5 Å². The van der Waals surface area contributed by atoms with Crippen LogP contribution in [0.2, 0.25) is 0 Å². The first-order valence-corrected chi connectivity index (χ1v) is 8.65. The third kappa shape index (κ3) is 3.82. The van der Waals surface area contributed by atoms with E-state index in [4.69, 9.17) is 4.74 Å². The van der Waals surface area contributed by atoms with Crippen LogP contribution in [0.1, 0.15) is 36.6 Å². The molecule has 27 heavy (non-hydrogen) atoms. The second-order valence-electron chi connectivity index (χ2n) is 6.09. The van der Waals surface area contributed by atoms with Crippen LogP contribution in [0.25, 0.3) is 0 Å². The van der Waals surface area contributed by atoms with E-state index >= 15 is 0 Å². The molecule has 138 valence electrons. The molecule has 6 heteroatoms. The number of nitrogens with zero attached hydrogens (tertiary/aromatic N) is 2. The number of pyridine rings is 1. The molecule has 0 radical (unpaired) electrons. The van der Waals surface area contributed by atoms with E-state index in [0.29, 0.717) is 11.3 Å². The number of benzene rings is 1. The van der Waals surface area contributed by atoms with E-state index in [-0.39, 0.29) is 36.8 Å². The van der Waals surface area contributed by atoms with Crippen molar-refractivity contribution in [2.75, 3.05) is 13.2 Å². The summed E-state index contributed by atoms with van der Waals surface area (Å²) in [5, 5.41) is 0. The zero-order chi connectivity index (χ0) is 19.4. The smallest absolute Gasteiger partial charge is 0.238 e. The van der Waals surface area contributed by atoms with Crippen LogP contribution in [0.3, 0.4) is 0 Å². The predicted molar refractivity (Wildman–Crippen MR) is 97.5 cm³/mol. The molecule has 1 aromatic heterocycles. The first-order chi connectivity index (χ1) is 13.0. The molecule has 0 spiro atoms. The molecule has 1 amide bonds. The van der Waals surface area contributed by atoms with Crippen molar-refractivity contribution < 1.29 is 18.7 Å². The molecule has 1 aromatic carbocycles. The van der Waals surface area contributed by atoms with Crippen LogP contribution in [-0.4, -0.2) is 34.7 Å². The number of rotatable bonds is 5. The van der Waals surface area contributed by atoms with Gasteiger partial charge in [-0.15, -0.1) is 5.92 Å². The van der Waals surface area contributed by atoms with Crippen molar-refractivity contribution in [3.05, 3.63) is 59.2 Å². The van der Waals surface area contributed by atoms with Crippen LogP contribution in [0.15, 0.2) is 36.5 Å². The molecule has 0 saturated carbocycles. The predicted octanol–water partition coefficient (Wildman–Crippen LogP) is 2.69. The number of ether oxygens (including phenoxy) is 1. The Balaban J connectivity index is 1.96. The number of hydrogen-bond donors (Lipinski definition) is 0. The lowest BCUT2D eigenvalue weighted by Crippen LogP contribution is -2.27. The Morgan fingerprint density at radius 2 is 2.15 bits per heavy atom. The molecule has 1 saturated heterocycles. The second-order valence-corrected chi connectivity index (χ2v) is 6.09. The fourth-order valence-electron chi connectivity index (χ4n) is 3.15. The highest BCUT2D eigenvalue weighted by Crippen LogP contribution is 2.36.